The number of nitrogens with zero attached hydrogens (tertiary/aromatic N) is 5. The van der Waals surface area contributed by atoms with Crippen molar-refractivity contribution in [2.45, 2.75) is 20.3 Å². The van der Waals surface area contributed by atoms with E-state index in [2.05, 4.69) is 26.9 Å². The predicted molar refractivity (Wildman–Crippen MR) is 95.6 cm³/mol. The van der Waals surface area contributed by atoms with Gasteiger partial charge in [-0.05, 0) is 30.1 Å². The zero-order chi connectivity index (χ0) is 16.5. The van der Waals surface area contributed by atoms with E-state index in [4.69, 9.17) is 5.53 Å². The molecule has 2 rings (SSSR count). The van der Waals surface area contributed by atoms with E-state index in [1.54, 1.807) is 0 Å². The van der Waals surface area contributed by atoms with Crippen molar-refractivity contribution >= 4 is 17.2 Å². The number of para-hydroxylation sites is 1. The third kappa shape index (κ3) is 4.53. The Morgan fingerprint density at radius 2 is 1.74 bits per heavy atom. The number of benzene rings is 2. The smallest absolute Gasteiger partial charge is 0.134 e. The molecule has 0 aromatic heterocycles. The van der Waals surface area contributed by atoms with E-state index in [1.807, 2.05) is 61.5 Å². The van der Waals surface area contributed by atoms with Crippen LogP contribution in [-0.2, 0) is 0 Å². The van der Waals surface area contributed by atoms with Crippen LogP contribution in [0.1, 0.15) is 31.4 Å². The number of aliphatic imine (C=N–C) groups is 2. The van der Waals surface area contributed by atoms with Crippen LogP contribution in [0.15, 0.2) is 69.7 Å². The second-order valence-corrected chi connectivity index (χ2v) is 4.98. The molecule has 0 N–H and O–H groups in total. The minimum Gasteiger partial charge on any atom is -0.289 e. The lowest BCUT2D eigenvalue weighted by molar-refractivity contribution is 0.931. The van der Waals surface area contributed by atoms with Crippen molar-refractivity contribution in [2.75, 3.05) is 6.54 Å². The fourth-order valence-corrected chi connectivity index (χ4v) is 2.13. The maximum Gasteiger partial charge on any atom is 0.134 e. The quantitative estimate of drug-likeness (QED) is 0.236. The van der Waals surface area contributed by atoms with E-state index in [-0.39, 0.29) is 0 Å². The molecule has 0 aliphatic heterocycles. The van der Waals surface area contributed by atoms with Gasteiger partial charge in [0.15, 0.2) is 0 Å². The lowest BCUT2D eigenvalue weighted by atomic mass is 10.1. The standard InChI is InChI=1S/C18H19N5/c1-3-13-20-14(2)16-11-7-8-12-17(16)21-18(22-23-19)15-9-5-4-6-10-15/h4-12H,3,13H2,1-2H3/b20-14+,21-18-. The van der Waals surface area contributed by atoms with Crippen molar-refractivity contribution in [3.8, 4) is 0 Å². The highest BCUT2D eigenvalue weighted by atomic mass is 15.2. The Morgan fingerprint density at radius 1 is 1.04 bits per heavy atom. The Balaban J connectivity index is 2.50. The fourth-order valence-electron chi connectivity index (χ4n) is 2.13. The van der Waals surface area contributed by atoms with Crippen LogP contribution < -0.4 is 0 Å². The highest BCUT2D eigenvalue weighted by molar-refractivity contribution is 6.06. The minimum absolute atomic E-state index is 0.351. The Kier molecular flexibility index (Phi) is 6.09. The monoisotopic (exact) mass is 305 g/mol. The van der Waals surface area contributed by atoms with E-state index in [0.29, 0.717) is 5.84 Å². The van der Waals surface area contributed by atoms with Crippen LogP contribution in [0.25, 0.3) is 10.4 Å². The summed E-state index contributed by atoms with van der Waals surface area (Å²) in [6.07, 6.45) is 0.997. The van der Waals surface area contributed by atoms with E-state index in [0.717, 1.165) is 35.5 Å². The molecule has 0 aliphatic rings. The van der Waals surface area contributed by atoms with Crippen molar-refractivity contribution in [3.05, 3.63) is 76.2 Å². The summed E-state index contributed by atoms with van der Waals surface area (Å²) in [6, 6.07) is 17.2. The topological polar surface area (TPSA) is 73.5 Å². The molecule has 0 unspecified atom stereocenters. The van der Waals surface area contributed by atoms with Gasteiger partial charge in [0.25, 0.3) is 0 Å². The second-order valence-electron chi connectivity index (χ2n) is 4.98. The summed E-state index contributed by atoms with van der Waals surface area (Å²) < 4.78 is 0. The second kappa shape index (κ2) is 8.51. The van der Waals surface area contributed by atoms with E-state index >= 15 is 0 Å². The molecule has 0 atom stereocenters. The van der Waals surface area contributed by atoms with Gasteiger partial charge >= 0.3 is 0 Å². The summed E-state index contributed by atoms with van der Waals surface area (Å²) in [5.74, 6) is 0.351. The molecule has 0 saturated carbocycles. The molecule has 0 spiro atoms. The predicted octanol–water partition coefficient (Wildman–Crippen LogP) is 5.29. The van der Waals surface area contributed by atoms with Crippen LogP contribution in [0.5, 0.6) is 0 Å². The Labute approximate surface area is 136 Å². The van der Waals surface area contributed by atoms with Crippen LogP contribution in [0.4, 0.5) is 5.69 Å². The van der Waals surface area contributed by atoms with Gasteiger partial charge in [-0.25, -0.2) is 4.99 Å². The Hall–Kier alpha value is -2.91. The summed E-state index contributed by atoms with van der Waals surface area (Å²) in [5, 5.41) is 3.74. The SMILES string of the molecule is CCC/N=C(\C)c1ccccc1/N=C(\N=[N+]=[N-])c1ccccc1. The minimum atomic E-state index is 0.351. The number of rotatable bonds is 5. The molecule has 0 amide bonds. The first-order valence-corrected chi connectivity index (χ1v) is 7.56. The number of azide groups is 1. The summed E-state index contributed by atoms with van der Waals surface area (Å²) in [7, 11) is 0. The van der Waals surface area contributed by atoms with Crippen LogP contribution in [0.3, 0.4) is 0 Å². The third-order valence-corrected chi connectivity index (χ3v) is 3.26. The fraction of sp³-hybridized carbons (Fsp3) is 0.222. The van der Waals surface area contributed by atoms with Crippen molar-refractivity contribution in [1.29, 1.82) is 0 Å². The zero-order valence-corrected chi connectivity index (χ0v) is 13.3. The molecule has 0 heterocycles. The molecule has 2 aromatic carbocycles. The molecule has 116 valence electrons. The van der Waals surface area contributed by atoms with Gasteiger partial charge in [0.1, 0.15) is 5.84 Å². The Morgan fingerprint density at radius 3 is 2.43 bits per heavy atom. The largest absolute Gasteiger partial charge is 0.289 e. The Bertz CT molecular complexity index is 756. The summed E-state index contributed by atoms with van der Waals surface area (Å²) in [4.78, 5) is 12.0. The van der Waals surface area contributed by atoms with Gasteiger partial charge in [-0.1, -0.05) is 55.5 Å². The van der Waals surface area contributed by atoms with Crippen molar-refractivity contribution < 1.29 is 0 Å². The lowest BCUT2D eigenvalue weighted by Gasteiger charge is -2.07. The van der Waals surface area contributed by atoms with E-state index < -0.39 is 0 Å². The molecule has 5 heteroatoms. The number of hydrogen-bond donors (Lipinski definition) is 0. The van der Waals surface area contributed by atoms with Crippen LogP contribution in [0, 0.1) is 0 Å². The van der Waals surface area contributed by atoms with E-state index in [1.165, 1.54) is 0 Å². The van der Waals surface area contributed by atoms with Gasteiger partial charge in [-0.15, -0.1) is 0 Å². The first-order chi connectivity index (χ1) is 11.3. The maximum absolute atomic E-state index is 8.82. The molecule has 0 bridgehead atoms. The average Bonchev–Trinajstić information content (AvgIpc) is 2.60. The molecule has 2 aromatic rings. The van der Waals surface area contributed by atoms with E-state index in [9.17, 15) is 0 Å². The molecule has 23 heavy (non-hydrogen) atoms. The lowest BCUT2D eigenvalue weighted by Crippen LogP contribution is -1.99. The van der Waals surface area contributed by atoms with Crippen molar-refractivity contribution in [1.82, 2.24) is 0 Å². The summed E-state index contributed by atoms with van der Waals surface area (Å²) in [6.45, 7) is 4.85. The van der Waals surface area contributed by atoms with Gasteiger partial charge in [0, 0.05) is 28.3 Å². The zero-order valence-electron chi connectivity index (χ0n) is 13.3. The molecule has 0 fully saturated rings. The first-order valence-electron chi connectivity index (χ1n) is 7.56. The molecule has 0 aliphatic carbocycles. The van der Waals surface area contributed by atoms with Gasteiger partial charge in [-0.3, -0.25) is 4.99 Å². The highest BCUT2D eigenvalue weighted by Crippen LogP contribution is 2.21. The maximum atomic E-state index is 8.82. The number of amidine groups is 1. The van der Waals surface area contributed by atoms with Crippen molar-refractivity contribution in [3.63, 3.8) is 0 Å². The molecule has 0 radical (unpaired) electrons. The first kappa shape index (κ1) is 16.5. The van der Waals surface area contributed by atoms with Crippen LogP contribution >= 0.6 is 0 Å². The number of hydrogen-bond acceptors (Lipinski definition) is 2. The molecule has 5 nitrogen and oxygen atoms in total. The van der Waals surface area contributed by atoms with Crippen LogP contribution in [-0.4, -0.2) is 18.1 Å². The normalized spacial score (nSPS) is 11.9. The highest BCUT2D eigenvalue weighted by Gasteiger charge is 2.06. The molecular weight excluding hydrogens is 286 g/mol. The summed E-state index contributed by atoms with van der Waals surface area (Å²) >= 11 is 0. The van der Waals surface area contributed by atoms with Gasteiger partial charge in [0.05, 0.1) is 5.69 Å². The summed E-state index contributed by atoms with van der Waals surface area (Å²) in [5.41, 5.74) is 12.2. The van der Waals surface area contributed by atoms with Crippen LogP contribution in [0.2, 0.25) is 0 Å². The molecular formula is C18H19N5. The average molecular weight is 305 g/mol. The van der Waals surface area contributed by atoms with Gasteiger partial charge < -0.3 is 0 Å². The third-order valence-electron chi connectivity index (χ3n) is 3.26. The molecule has 0 saturated heterocycles. The van der Waals surface area contributed by atoms with Gasteiger partial charge in [0.2, 0.25) is 0 Å². The van der Waals surface area contributed by atoms with Gasteiger partial charge in [-0.2, -0.15) is 0 Å². The van der Waals surface area contributed by atoms with Crippen molar-refractivity contribution in [2.24, 2.45) is 15.1 Å².